The zero-order chi connectivity index (χ0) is 22.8. The summed E-state index contributed by atoms with van der Waals surface area (Å²) in [6.45, 7) is 5.45. The van der Waals surface area contributed by atoms with Gasteiger partial charge in [-0.05, 0) is 55.5 Å². The topological polar surface area (TPSA) is 75.3 Å². The minimum atomic E-state index is -3.82. The summed E-state index contributed by atoms with van der Waals surface area (Å²) in [5.74, 6) is 0.685. The Balaban J connectivity index is 1.42. The maximum absolute atomic E-state index is 13.6. The highest BCUT2D eigenvalue weighted by Gasteiger charge is 2.26. The second kappa shape index (κ2) is 9.15. The van der Waals surface area contributed by atoms with Crippen LogP contribution in [0.5, 0.6) is 5.75 Å². The molecule has 33 heavy (non-hydrogen) atoms. The van der Waals surface area contributed by atoms with E-state index in [1.54, 1.807) is 18.2 Å². The predicted octanol–water partition coefficient (Wildman–Crippen LogP) is 5.19. The molecule has 0 amide bonds. The summed E-state index contributed by atoms with van der Waals surface area (Å²) in [5.41, 5.74) is 0.676. The molecule has 6 nitrogen and oxygen atoms in total. The van der Waals surface area contributed by atoms with Crippen LogP contribution in [0.1, 0.15) is 32.6 Å². The third-order valence-electron chi connectivity index (χ3n) is 6.46. The van der Waals surface area contributed by atoms with E-state index in [1.165, 1.54) is 12.8 Å². The zero-order valence-electron chi connectivity index (χ0n) is 18.8. The molecule has 1 N–H and O–H groups in total. The average molecular weight is 464 g/mol. The number of unbranched alkanes of at least 4 members (excludes halogenated alkanes) is 1. The van der Waals surface area contributed by atoms with Gasteiger partial charge in [-0.2, -0.15) is 5.10 Å². The van der Waals surface area contributed by atoms with Crippen LogP contribution in [0.2, 0.25) is 0 Å². The quantitative estimate of drug-likeness (QED) is 0.408. The number of benzene rings is 3. The Hall–Kier alpha value is -2.90. The molecular formula is C26H29N3O3S. The molecule has 0 bridgehead atoms. The molecule has 0 radical (unpaired) electrons. The highest BCUT2D eigenvalue weighted by Crippen LogP contribution is 2.33. The summed E-state index contributed by atoms with van der Waals surface area (Å²) >= 11 is 0. The van der Waals surface area contributed by atoms with E-state index in [-0.39, 0.29) is 16.0 Å². The van der Waals surface area contributed by atoms with Crippen molar-refractivity contribution in [3.8, 4) is 5.75 Å². The number of hydrogen-bond acceptors (Lipinski definition) is 5. The number of piperidine rings is 1. The van der Waals surface area contributed by atoms with Gasteiger partial charge >= 0.3 is 0 Å². The predicted molar refractivity (Wildman–Crippen MR) is 130 cm³/mol. The average Bonchev–Trinajstić information content (AvgIpc) is 3.27. The molecule has 1 aliphatic rings. The van der Waals surface area contributed by atoms with Crippen molar-refractivity contribution in [1.29, 1.82) is 0 Å². The number of aromatic amines is 1. The van der Waals surface area contributed by atoms with Gasteiger partial charge in [0.1, 0.15) is 11.9 Å². The number of aromatic nitrogens is 2. The van der Waals surface area contributed by atoms with Crippen molar-refractivity contribution >= 4 is 31.5 Å². The minimum Gasteiger partial charge on any atom is -0.490 e. The molecule has 1 saturated heterocycles. The van der Waals surface area contributed by atoms with Gasteiger partial charge in [0.25, 0.3) is 0 Å². The van der Waals surface area contributed by atoms with Gasteiger partial charge in [0.05, 0.1) is 10.4 Å². The Labute approximate surface area is 194 Å². The van der Waals surface area contributed by atoms with E-state index >= 15 is 0 Å². The van der Waals surface area contributed by atoms with Gasteiger partial charge in [0, 0.05) is 23.9 Å². The lowest BCUT2D eigenvalue weighted by atomic mass is 10.1. The van der Waals surface area contributed by atoms with E-state index in [1.807, 2.05) is 42.5 Å². The van der Waals surface area contributed by atoms with Gasteiger partial charge in [-0.1, -0.05) is 49.7 Å². The van der Waals surface area contributed by atoms with Crippen molar-refractivity contribution in [3.63, 3.8) is 0 Å². The molecule has 2 heterocycles. The number of likely N-dealkylation sites (tertiary alicyclic amines) is 1. The van der Waals surface area contributed by atoms with E-state index in [0.717, 1.165) is 37.9 Å². The Morgan fingerprint density at radius 1 is 1.03 bits per heavy atom. The van der Waals surface area contributed by atoms with Crippen LogP contribution in [0, 0.1) is 0 Å². The number of sulfone groups is 1. The molecule has 0 unspecified atom stereocenters. The summed E-state index contributed by atoms with van der Waals surface area (Å²) in [4.78, 5) is 2.76. The standard InChI is InChI=1S/C26H29N3O3S/c1-2-3-15-29-16-13-20(14-17-29)32-21-11-12-24-23(18-21)26(28-27-24)33(30,31)25-10-6-8-19-7-4-5-9-22(19)25/h4-12,18,20H,2-3,13-17H2,1H3,(H,27,28). The van der Waals surface area contributed by atoms with Crippen LogP contribution < -0.4 is 4.74 Å². The number of fused-ring (bicyclic) bond motifs is 2. The van der Waals surface area contributed by atoms with Gasteiger partial charge in [-0.15, -0.1) is 0 Å². The lowest BCUT2D eigenvalue weighted by Crippen LogP contribution is -2.38. The fourth-order valence-corrected chi connectivity index (χ4v) is 6.17. The summed E-state index contributed by atoms with van der Waals surface area (Å²) in [7, 11) is -3.82. The largest absolute Gasteiger partial charge is 0.490 e. The monoisotopic (exact) mass is 463 g/mol. The molecule has 1 fully saturated rings. The molecule has 0 saturated carbocycles. The maximum Gasteiger partial charge on any atom is 0.226 e. The van der Waals surface area contributed by atoms with E-state index in [0.29, 0.717) is 22.0 Å². The number of hydrogen-bond donors (Lipinski definition) is 1. The molecule has 7 heteroatoms. The van der Waals surface area contributed by atoms with E-state index in [9.17, 15) is 8.42 Å². The van der Waals surface area contributed by atoms with Crippen molar-refractivity contribution in [2.45, 2.75) is 48.6 Å². The van der Waals surface area contributed by atoms with Crippen LogP contribution in [-0.2, 0) is 9.84 Å². The van der Waals surface area contributed by atoms with E-state index in [2.05, 4.69) is 22.0 Å². The molecular weight excluding hydrogens is 434 g/mol. The van der Waals surface area contributed by atoms with Gasteiger partial charge in [-0.25, -0.2) is 8.42 Å². The highest BCUT2D eigenvalue weighted by molar-refractivity contribution is 7.91. The van der Waals surface area contributed by atoms with Crippen LogP contribution in [0.25, 0.3) is 21.7 Å². The van der Waals surface area contributed by atoms with Crippen molar-refractivity contribution < 1.29 is 13.2 Å². The Morgan fingerprint density at radius 3 is 2.64 bits per heavy atom. The SMILES string of the molecule is CCCCN1CCC(Oc2ccc3[nH]nc(S(=O)(=O)c4cccc5ccccc45)c3c2)CC1. The normalized spacial score (nSPS) is 15.9. The van der Waals surface area contributed by atoms with Crippen molar-refractivity contribution in [2.24, 2.45) is 0 Å². The third kappa shape index (κ3) is 4.35. The van der Waals surface area contributed by atoms with Crippen LogP contribution in [0.3, 0.4) is 0 Å². The maximum atomic E-state index is 13.6. The smallest absolute Gasteiger partial charge is 0.226 e. The molecule has 0 atom stereocenters. The number of rotatable bonds is 7. The first-order chi connectivity index (χ1) is 16.1. The molecule has 172 valence electrons. The lowest BCUT2D eigenvalue weighted by molar-refractivity contribution is 0.0999. The molecule has 1 aliphatic heterocycles. The van der Waals surface area contributed by atoms with Gasteiger partial charge in [0.2, 0.25) is 9.84 Å². The summed E-state index contributed by atoms with van der Waals surface area (Å²) in [6, 6.07) is 18.4. The van der Waals surface area contributed by atoms with Crippen LogP contribution in [0.15, 0.2) is 70.6 Å². The van der Waals surface area contributed by atoms with Gasteiger partial charge in [-0.3, -0.25) is 5.10 Å². The van der Waals surface area contributed by atoms with Crippen LogP contribution in [-0.4, -0.2) is 49.3 Å². The van der Waals surface area contributed by atoms with Crippen molar-refractivity contribution in [2.75, 3.05) is 19.6 Å². The Bertz CT molecular complexity index is 1370. The van der Waals surface area contributed by atoms with Crippen LogP contribution in [0.4, 0.5) is 0 Å². The lowest BCUT2D eigenvalue weighted by Gasteiger charge is -2.32. The Morgan fingerprint density at radius 2 is 1.82 bits per heavy atom. The first-order valence-electron chi connectivity index (χ1n) is 11.7. The second-order valence-corrected chi connectivity index (χ2v) is 10.6. The number of nitrogens with zero attached hydrogens (tertiary/aromatic N) is 2. The zero-order valence-corrected chi connectivity index (χ0v) is 19.6. The van der Waals surface area contributed by atoms with Crippen LogP contribution >= 0.6 is 0 Å². The summed E-state index contributed by atoms with van der Waals surface area (Å²) < 4.78 is 33.5. The molecule has 0 spiro atoms. The van der Waals surface area contributed by atoms with E-state index in [4.69, 9.17) is 4.74 Å². The second-order valence-electron chi connectivity index (χ2n) is 8.73. The molecule has 0 aliphatic carbocycles. The Kier molecular flexibility index (Phi) is 6.08. The van der Waals surface area contributed by atoms with E-state index < -0.39 is 9.84 Å². The molecule has 4 aromatic rings. The summed E-state index contributed by atoms with van der Waals surface area (Å²) in [5, 5.41) is 9.25. The molecule has 1 aromatic heterocycles. The third-order valence-corrected chi connectivity index (χ3v) is 8.21. The van der Waals surface area contributed by atoms with Gasteiger partial charge < -0.3 is 9.64 Å². The highest BCUT2D eigenvalue weighted by atomic mass is 32.2. The molecule has 3 aromatic carbocycles. The first kappa shape index (κ1) is 21.9. The fourth-order valence-electron chi connectivity index (χ4n) is 4.61. The van der Waals surface area contributed by atoms with Crippen molar-refractivity contribution in [1.82, 2.24) is 15.1 Å². The number of H-pyrrole nitrogens is 1. The summed E-state index contributed by atoms with van der Waals surface area (Å²) in [6.07, 6.45) is 4.55. The minimum absolute atomic E-state index is 0.0358. The number of ether oxygens (including phenoxy) is 1. The van der Waals surface area contributed by atoms with Gasteiger partial charge in [0.15, 0.2) is 5.03 Å². The first-order valence-corrected chi connectivity index (χ1v) is 13.1. The van der Waals surface area contributed by atoms with Crippen molar-refractivity contribution in [3.05, 3.63) is 60.7 Å². The molecule has 5 rings (SSSR count). The fraction of sp³-hybridized carbons (Fsp3) is 0.346. The number of nitrogens with one attached hydrogen (secondary N) is 1.